The van der Waals surface area contributed by atoms with Gasteiger partial charge in [0.1, 0.15) is 10.3 Å². The van der Waals surface area contributed by atoms with Crippen molar-refractivity contribution in [1.29, 1.82) is 0 Å². The highest BCUT2D eigenvalue weighted by molar-refractivity contribution is 7.91. The van der Waals surface area contributed by atoms with Gasteiger partial charge in [-0.05, 0) is 35.9 Å². The summed E-state index contributed by atoms with van der Waals surface area (Å²) in [6.07, 6.45) is 0. The van der Waals surface area contributed by atoms with Crippen LogP contribution in [0.4, 0.5) is 10.7 Å². The van der Waals surface area contributed by atoms with Gasteiger partial charge < -0.3 is 10.2 Å². The zero-order valence-electron chi connectivity index (χ0n) is 17.8. The number of benzene rings is 2. The molecule has 1 aromatic heterocycles. The van der Waals surface area contributed by atoms with Crippen molar-refractivity contribution in [3.63, 3.8) is 0 Å². The van der Waals surface area contributed by atoms with E-state index in [0.29, 0.717) is 21.7 Å². The van der Waals surface area contributed by atoms with Gasteiger partial charge in [-0.25, -0.2) is 13.9 Å². The minimum atomic E-state index is -4.02. The van der Waals surface area contributed by atoms with Gasteiger partial charge in [0.25, 0.3) is 21.8 Å². The predicted octanol–water partition coefficient (Wildman–Crippen LogP) is 2.82. The molecule has 2 aromatic carbocycles. The van der Waals surface area contributed by atoms with E-state index in [2.05, 4.69) is 5.32 Å². The van der Waals surface area contributed by atoms with Crippen molar-refractivity contribution in [2.75, 3.05) is 24.3 Å². The molecule has 0 spiro atoms. The lowest BCUT2D eigenvalue weighted by molar-refractivity contribution is -0.133. The molecule has 3 aromatic rings. The Kier molecular flexibility index (Phi) is 6.21. The number of sulfonamides is 1. The van der Waals surface area contributed by atoms with Crippen molar-refractivity contribution in [2.24, 2.45) is 0 Å². The Labute approximate surface area is 195 Å². The number of nitrogens with one attached hydrogen (secondary N) is 2. The van der Waals surface area contributed by atoms with Crippen LogP contribution in [0.2, 0.25) is 0 Å². The monoisotopic (exact) mass is 486 g/mol. The van der Waals surface area contributed by atoms with Crippen molar-refractivity contribution < 1.29 is 23.2 Å². The molecule has 1 atom stereocenters. The molecule has 0 radical (unpaired) electrons. The second kappa shape index (κ2) is 8.94. The number of rotatable bonds is 6. The SMILES string of the molecule is CN(C)c1ccc(C(=O)Nc2cc3c(s2)S(=O)(=O)N([C@@H](C(=O)NO)c2ccccc2)C3)cc1. The van der Waals surface area contributed by atoms with Crippen molar-refractivity contribution >= 4 is 43.9 Å². The number of anilines is 2. The Morgan fingerprint density at radius 1 is 1.09 bits per heavy atom. The van der Waals surface area contributed by atoms with Crippen molar-refractivity contribution in [2.45, 2.75) is 16.8 Å². The molecule has 33 heavy (non-hydrogen) atoms. The fourth-order valence-corrected chi connectivity index (χ4v) is 6.88. The first-order valence-corrected chi connectivity index (χ1v) is 12.2. The molecule has 0 fully saturated rings. The summed E-state index contributed by atoms with van der Waals surface area (Å²) in [6.45, 7) is -0.0610. The number of amides is 2. The zero-order valence-corrected chi connectivity index (χ0v) is 19.5. The van der Waals surface area contributed by atoms with Gasteiger partial charge in [-0.15, -0.1) is 11.3 Å². The molecule has 1 aliphatic rings. The smallest absolute Gasteiger partial charge is 0.266 e. The number of hydroxylamine groups is 1. The second-order valence-electron chi connectivity index (χ2n) is 7.66. The average molecular weight is 487 g/mol. The number of hydrogen-bond acceptors (Lipinski definition) is 7. The fraction of sp³-hybridized carbons (Fsp3) is 0.182. The van der Waals surface area contributed by atoms with Crippen LogP contribution in [0.1, 0.15) is 27.5 Å². The summed E-state index contributed by atoms with van der Waals surface area (Å²) >= 11 is 0.932. The molecule has 2 amide bonds. The molecular weight excluding hydrogens is 464 g/mol. The molecule has 2 heterocycles. The third-order valence-electron chi connectivity index (χ3n) is 5.28. The summed E-state index contributed by atoms with van der Waals surface area (Å²) in [7, 11) is -0.218. The third-order valence-corrected chi connectivity index (χ3v) is 8.74. The van der Waals surface area contributed by atoms with E-state index < -0.39 is 22.0 Å². The largest absolute Gasteiger partial charge is 0.378 e. The molecule has 0 saturated heterocycles. The van der Waals surface area contributed by atoms with Crippen LogP contribution in [0.3, 0.4) is 0 Å². The first-order valence-electron chi connectivity index (χ1n) is 9.94. The van der Waals surface area contributed by atoms with E-state index >= 15 is 0 Å². The van der Waals surface area contributed by atoms with E-state index in [9.17, 15) is 23.2 Å². The summed E-state index contributed by atoms with van der Waals surface area (Å²) in [5.41, 5.74) is 3.87. The number of nitrogens with zero attached hydrogens (tertiary/aromatic N) is 2. The number of thiophene rings is 1. The lowest BCUT2D eigenvalue weighted by atomic mass is 10.1. The van der Waals surface area contributed by atoms with E-state index in [-0.39, 0.29) is 16.7 Å². The minimum absolute atomic E-state index is 0.0610. The van der Waals surface area contributed by atoms with Gasteiger partial charge in [0, 0.05) is 37.5 Å². The highest BCUT2D eigenvalue weighted by Gasteiger charge is 2.44. The normalized spacial score (nSPS) is 15.5. The Balaban J connectivity index is 1.57. The maximum absolute atomic E-state index is 13.2. The fourth-order valence-electron chi connectivity index (χ4n) is 3.63. The van der Waals surface area contributed by atoms with Crippen LogP contribution in [0.25, 0.3) is 0 Å². The van der Waals surface area contributed by atoms with Gasteiger partial charge in [-0.3, -0.25) is 14.8 Å². The molecule has 4 rings (SSSR count). The van der Waals surface area contributed by atoms with Crippen LogP contribution in [-0.2, 0) is 21.4 Å². The number of fused-ring (bicyclic) bond motifs is 1. The van der Waals surface area contributed by atoms with E-state index in [1.165, 1.54) is 0 Å². The van der Waals surface area contributed by atoms with Crippen LogP contribution >= 0.6 is 11.3 Å². The first kappa shape index (κ1) is 22.9. The molecule has 11 heteroatoms. The Bertz CT molecular complexity index is 1290. The number of hydrogen-bond donors (Lipinski definition) is 3. The van der Waals surface area contributed by atoms with Crippen molar-refractivity contribution in [3.05, 3.63) is 77.4 Å². The molecule has 3 N–H and O–H groups in total. The summed E-state index contributed by atoms with van der Waals surface area (Å²) in [5, 5.41) is 12.3. The zero-order chi connectivity index (χ0) is 23.8. The van der Waals surface area contributed by atoms with Crippen LogP contribution in [0.15, 0.2) is 64.9 Å². The Hall–Kier alpha value is -3.25. The predicted molar refractivity (Wildman–Crippen MR) is 125 cm³/mol. The maximum atomic E-state index is 13.2. The van der Waals surface area contributed by atoms with Crippen molar-refractivity contribution in [1.82, 2.24) is 9.79 Å². The summed E-state index contributed by atoms with van der Waals surface area (Å²) in [6, 6.07) is 15.8. The number of carbonyl (C=O) groups is 2. The first-order chi connectivity index (χ1) is 15.7. The van der Waals surface area contributed by atoms with Gasteiger partial charge in [-0.2, -0.15) is 4.31 Å². The average Bonchev–Trinajstić information content (AvgIpc) is 3.31. The molecule has 0 bridgehead atoms. The minimum Gasteiger partial charge on any atom is -0.378 e. The third kappa shape index (κ3) is 4.35. The van der Waals surface area contributed by atoms with E-state index in [1.807, 2.05) is 31.1 Å². The van der Waals surface area contributed by atoms with E-state index in [0.717, 1.165) is 21.3 Å². The lowest BCUT2D eigenvalue weighted by Crippen LogP contribution is -2.39. The molecular formula is C22H22N4O5S2. The van der Waals surface area contributed by atoms with Crippen molar-refractivity contribution in [3.8, 4) is 0 Å². The van der Waals surface area contributed by atoms with Gasteiger partial charge in [0.15, 0.2) is 0 Å². The lowest BCUT2D eigenvalue weighted by Gasteiger charge is -2.25. The molecule has 0 unspecified atom stereocenters. The Morgan fingerprint density at radius 3 is 2.33 bits per heavy atom. The van der Waals surface area contributed by atoms with Gasteiger partial charge >= 0.3 is 0 Å². The van der Waals surface area contributed by atoms with Gasteiger partial charge in [-0.1, -0.05) is 30.3 Å². The molecule has 9 nitrogen and oxygen atoms in total. The topological polar surface area (TPSA) is 119 Å². The van der Waals surface area contributed by atoms with Crippen LogP contribution in [0.5, 0.6) is 0 Å². The van der Waals surface area contributed by atoms with Crippen LogP contribution < -0.4 is 15.7 Å². The van der Waals surface area contributed by atoms with Crippen LogP contribution in [0, 0.1) is 0 Å². The highest BCUT2D eigenvalue weighted by atomic mass is 32.2. The molecule has 172 valence electrons. The Morgan fingerprint density at radius 2 is 1.76 bits per heavy atom. The van der Waals surface area contributed by atoms with Gasteiger partial charge in [0.2, 0.25) is 0 Å². The molecule has 1 aliphatic heterocycles. The number of carbonyl (C=O) groups excluding carboxylic acids is 2. The summed E-state index contributed by atoms with van der Waals surface area (Å²) in [5.74, 6) is -1.20. The quantitative estimate of drug-likeness (QED) is 0.364. The van der Waals surface area contributed by atoms with E-state index in [4.69, 9.17) is 0 Å². The summed E-state index contributed by atoms with van der Waals surface area (Å²) in [4.78, 5) is 26.9. The van der Waals surface area contributed by atoms with E-state index in [1.54, 1.807) is 54.0 Å². The van der Waals surface area contributed by atoms with Crippen LogP contribution in [-0.4, -0.2) is 43.8 Å². The molecule has 0 saturated carbocycles. The van der Waals surface area contributed by atoms with Gasteiger partial charge in [0.05, 0.1) is 5.00 Å². The second-order valence-corrected chi connectivity index (χ2v) is 10.8. The summed E-state index contributed by atoms with van der Waals surface area (Å²) < 4.78 is 27.6. The highest BCUT2D eigenvalue weighted by Crippen LogP contribution is 2.43. The maximum Gasteiger partial charge on any atom is 0.266 e. The molecule has 0 aliphatic carbocycles. The standard InChI is InChI=1S/C22H22N4O5S2/c1-25(2)17-10-8-15(9-11-17)20(27)23-18-12-16-13-26(33(30,31)22(16)32-18)19(21(28)24-29)14-6-4-3-5-7-14/h3-12,19,29H,13H2,1-2H3,(H,23,27)(H,24,28)/t19-/m1/s1.